The molecule has 0 aromatic carbocycles. The fourth-order valence-electron chi connectivity index (χ4n) is 2.80. The minimum atomic E-state index is -0.297. The minimum Gasteiger partial charge on any atom is -0.370 e. The van der Waals surface area contributed by atoms with Gasteiger partial charge in [-0.05, 0) is 54.5 Å². The molecule has 1 aromatic heterocycles. The molecule has 1 aliphatic carbocycles. The van der Waals surface area contributed by atoms with E-state index in [1.54, 1.807) is 7.11 Å². The second kappa shape index (κ2) is 6.39. The van der Waals surface area contributed by atoms with E-state index < -0.39 is 0 Å². The van der Waals surface area contributed by atoms with Gasteiger partial charge in [0.05, 0.1) is 10.2 Å². The lowest BCUT2D eigenvalue weighted by molar-refractivity contribution is -0.0164. The van der Waals surface area contributed by atoms with Crippen molar-refractivity contribution < 1.29 is 4.74 Å². The first-order valence-electron chi connectivity index (χ1n) is 7.41. The van der Waals surface area contributed by atoms with E-state index in [-0.39, 0.29) is 5.60 Å². The van der Waals surface area contributed by atoms with Crippen molar-refractivity contribution in [2.75, 3.05) is 19.0 Å². The molecule has 4 nitrogen and oxygen atoms in total. The van der Waals surface area contributed by atoms with Gasteiger partial charge in [-0.2, -0.15) is 0 Å². The highest BCUT2D eigenvalue weighted by Gasteiger charge is 2.39. The Morgan fingerprint density at radius 3 is 2.45 bits per heavy atom. The Morgan fingerprint density at radius 1 is 1.30 bits per heavy atom. The van der Waals surface area contributed by atoms with Crippen LogP contribution in [0.2, 0.25) is 0 Å². The van der Waals surface area contributed by atoms with E-state index in [1.807, 2.05) is 0 Å². The van der Waals surface area contributed by atoms with Crippen LogP contribution in [-0.4, -0.2) is 23.6 Å². The summed E-state index contributed by atoms with van der Waals surface area (Å²) in [5, 5.41) is 3.32. The molecule has 0 radical (unpaired) electrons. The first kappa shape index (κ1) is 15.7. The zero-order valence-corrected chi connectivity index (χ0v) is 14.4. The first-order chi connectivity index (χ1) is 9.54. The van der Waals surface area contributed by atoms with Crippen molar-refractivity contribution in [3.8, 4) is 0 Å². The van der Waals surface area contributed by atoms with Crippen LogP contribution in [0, 0.1) is 0 Å². The fraction of sp³-hybridized carbons (Fsp3) is 0.733. The van der Waals surface area contributed by atoms with E-state index in [2.05, 4.69) is 42.0 Å². The molecular formula is C15H24BrN3O. The van der Waals surface area contributed by atoms with E-state index in [0.29, 0.717) is 5.92 Å². The molecule has 0 saturated heterocycles. The summed E-state index contributed by atoms with van der Waals surface area (Å²) in [6.45, 7) is 7.22. The highest BCUT2D eigenvalue weighted by Crippen LogP contribution is 2.42. The summed E-state index contributed by atoms with van der Waals surface area (Å²) >= 11 is 3.64. The zero-order chi connectivity index (χ0) is 14.8. The van der Waals surface area contributed by atoms with Gasteiger partial charge in [0.15, 0.2) is 5.82 Å². The first-order valence-corrected chi connectivity index (χ1v) is 8.20. The minimum absolute atomic E-state index is 0.297. The number of ether oxygens (including phenoxy) is 1. The molecule has 0 unspecified atom stereocenters. The van der Waals surface area contributed by atoms with E-state index >= 15 is 0 Å². The second-order valence-electron chi connectivity index (χ2n) is 5.69. The average molecular weight is 342 g/mol. The van der Waals surface area contributed by atoms with Gasteiger partial charge < -0.3 is 10.1 Å². The summed E-state index contributed by atoms with van der Waals surface area (Å²) in [4.78, 5) is 9.55. The van der Waals surface area contributed by atoms with Crippen molar-refractivity contribution in [2.24, 2.45) is 0 Å². The second-order valence-corrected chi connectivity index (χ2v) is 6.48. The van der Waals surface area contributed by atoms with Gasteiger partial charge in [0, 0.05) is 13.7 Å². The molecule has 0 amide bonds. The molecule has 0 aliphatic heterocycles. The van der Waals surface area contributed by atoms with Crippen LogP contribution in [-0.2, 0) is 10.3 Å². The Balaban J connectivity index is 2.52. The molecule has 1 fully saturated rings. The third-order valence-electron chi connectivity index (χ3n) is 3.98. The van der Waals surface area contributed by atoms with Gasteiger partial charge in [-0.15, -0.1) is 0 Å². The lowest BCUT2D eigenvalue weighted by Gasteiger charge is -2.27. The molecular weight excluding hydrogens is 318 g/mol. The van der Waals surface area contributed by atoms with Crippen LogP contribution in [0.1, 0.15) is 63.9 Å². The maximum atomic E-state index is 5.82. The average Bonchev–Trinajstić information content (AvgIpc) is 2.91. The van der Waals surface area contributed by atoms with Gasteiger partial charge in [-0.1, -0.05) is 13.8 Å². The largest absolute Gasteiger partial charge is 0.370 e. The number of nitrogens with zero attached hydrogens (tertiary/aromatic N) is 2. The van der Waals surface area contributed by atoms with Crippen LogP contribution in [0.25, 0.3) is 0 Å². The molecule has 0 atom stereocenters. The van der Waals surface area contributed by atoms with Crippen molar-refractivity contribution in [1.29, 1.82) is 0 Å². The molecule has 1 aromatic rings. The molecule has 112 valence electrons. The molecule has 1 saturated carbocycles. The van der Waals surface area contributed by atoms with Crippen LogP contribution in [0.5, 0.6) is 0 Å². The SMILES string of the molecule is CCNc1nc(C2(OC)CCCC2)nc(C(C)C)c1Br. The number of aromatic nitrogens is 2. The quantitative estimate of drug-likeness (QED) is 0.871. The van der Waals surface area contributed by atoms with Crippen molar-refractivity contribution in [1.82, 2.24) is 9.97 Å². The smallest absolute Gasteiger partial charge is 0.162 e. The van der Waals surface area contributed by atoms with Crippen molar-refractivity contribution >= 4 is 21.7 Å². The van der Waals surface area contributed by atoms with Crippen LogP contribution in [0.15, 0.2) is 4.47 Å². The Kier molecular flexibility index (Phi) is 5.02. The highest BCUT2D eigenvalue weighted by molar-refractivity contribution is 9.10. The van der Waals surface area contributed by atoms with Crippen molar-refractivity contribution in [3.63, 3.8) is 0 Å². The molecule has 20 heavy (non-hydrogen) atoms. The van der Waals surface area contributed by atoms with Gasteiger partial charge in [0.2, 0.25) is 0 Å². The molecule has 0 spiro atoms. The van der Waals surface area contributed by atoms with Gasteiger partial charge in [-0.25, -0.2) is 9.97 Å². The molecule has 1 aliphatic rings. The summed E-state index contributed by atoms with van der Waals surface area (Å²) < 4.78 is 6.80. The predicted octanol–water partition coefficient (Wildman–Crippen LogP) is 4.21. The number of rotatable bonds is 5. The van der Waals surface area contributed by atoms with Crippen LogP contribution in [0.4, 0.5) is 5.82 Å². The molecule has 1 N–H and O–H groups in total. The lowest BCUT2D eigenvalue weighted by Crippen LogP contribution is -2.28. The summed E-state index contributed by atoms with van der Waals surface area (Å²) in [7, 11) is 1.78. The maximum absolute atomic E-state index is 5.82. The standard InChI is InChI=1S/C15H24BrN3O/c1-5-17-13-11(16)12(10(2)3)18-14(19-13)15(20-4)8-6-7-9-15/h10H,5-9H2,1-4H3,(H,17,18,19). The van der Waals surface area contributed by atoms with Crippen molar-refractivity contribution in [3.05, 3.63) is 16.0 Å². The number of anilines is 1. The van der Waals surface area contributed by atoms with E-state index in [0.717, 1.165) is 41.2 Å². The molecule has 2 rings (SSSR count). The van der Waals surface area contributed by atoms with Gasteiger partial charge in [-0.3, -0.25) is 0 Å². The Hall–Kier alpha value is -0.680. The van der Waals surface area contributed by atoms with Crippen LogP contribution >= 0.6 is 15.9 Å². The van der Waals surface area contributed by atoms with E-state index in [4.69, 9.17) is 14.7 Å². The Morgan fingerprint density at radius 2 is 1.95 bits per heavy atom. The van der Waals surface area contributed by atoms with Gasteiger partial charge in [0.25, 0.3) is 0 Å². The maximum Gasteiger partial charge on any atom is 0.162 e. The normalized spacial score (nSPS) is 17.7. The topological polar surface area (TPSA) is 47.0 Å². The summed E-state index contributed by atoms with van der Waals surface area (Å²) in [6.07, 6.45) is 4.38. The predicted molar refractivity (Wildman–Crippen MR) is 85.1 cm³/mol. The number of methoxy groups -OCH3 is 1. The molecule has 5 heteroatoms. The summed E-state index contributed by atoms with van der Waals surface area (Å²) in [5.41, 5.74) is 0.753. The number of halogens is 1. The monoisotopic (exact) mass is 341 g/mol. The number of hydrogen-bond acceptors (Lipinski definition) is 4. The third kappa shape index (κ3) is 2.84. The number of nitrogens with one attached hydrogen (secondary N) is 1. The van der Waals surface area contributed by atoms with Crippen LogP contribution in [0.3, 0.4) is 0 Å². The van der Waals surface area contributed by atoms with Gasteiger partial charge in [0.1, 0.15) is 11.4 Å². The number of hydrogen-bond donors (Lipinski definition) is 1. The molecule has 0 bridgehead atoms. The summed E-state index contributed by atoms with van der Waals surface area (Å²) in [5.74, 6) is 2.06. The Bertz CT molecular complexity index is 470. The van der Waals surface area contributed by atoms with Gasteiger partial charge >= 0.3 is 0 Å². The van der Waals surface area contributed by atoms with Crippen LogP contribution < -0.4 is 5.32 Å². The van der Waals surface area contributed by atoms with E-state index in [1.165, 1.54) is 12.8 Å². The fourth-order valence-corrected chi connectivity index (χ4v) is 3.58. The van der Waals surface area contributed by atoms with Crippen molar-refractivity contribution in [2.45, 2.75) is 58.0 Å². The zero-order valence-electron chi connectivity index (χ0n) is 12.8. The molecule has 1 heterocycles. The summed E-state index contributed by atoms with van der Waals surface area (Å²) in [6, 6.07) is 0. The lowest BCUT2D eigenvalue weighted by atomic mass is 10.00. The van der Waals surface area contributed by atoms with E-state index in [9.17, 15) is 0 Å². The third-order valence-corrected chi connectivity index (χ3v) is 4.76. The highest BCUT2D eigenvalue weighted by atomic mass is 79.9. The Labute approximate surface area is 129 Å².